The van der Waals surface area contributed by atoms with E-state index in [1.165, 1.54) is 12.1 Å². The van der Waals surface area contributed by atoms with Crippen molar-refractivity contribution in [3.05, 3.63) is 35.4 Å². The number of nitrogens with one attached hydrogen (secondary N) is 1. The summed E-state index contributed by atoms with van der Waals surface area (Å²) in [6.07, 6.45) is 4.07. The zero-order valence-corrected chi connectivity index (χ0v) is 11.3. The number of hydrogen-bond donors (Lipinski definition) is 1. The van der Waals surface area contributed by atoms with Crippen LogP contribution in [0.4, 0.5) is 8.78 Å². The minimum atomic E-state index is -0.533. The van der Waals surface area contributed by atoms with Crippen molar-refractivity contribution in [1.29, 1.82) is 0 Å². The van der Waals surface area contributed by atoms with Crippen LogP contribution >= 0.6 is 0 Å². The third-order valence-corrected chi connectivity index (χ3v) is 3.44. The molecule has 2 nitrogen and oxygen atoms in total. The molecule has 0 bridgehead atoms. The smallest absolute Gasteiger partial charge is 0.126 e. The van der Waals surface area contributed by atoms with Crippen molar-refractivity contribution in [3.8, 4) is 0 Å². The highest BCUT2D eigenvalue weighted by atomic mass is 19.1. The summed E-state index contributed by atoms with van der Waals surface area (Å²) in [6.45, 7) is 3.60. The number of rotatable bonds is 5. The summed E-state index contributed by atoms with van der Waals surface area (Å²) in [5.41, 5.74) is 0.637. The Kier molecular flexibility index (Phi) is 5.28. The quantitative estimate of drug-likeness (QED) is 0.882. The number of benzene rings is 1. The lowest BCUT2D eigenvalue weighted by Gasteiger charge is -2.31. The van der Waals surface area contributed by atoms with Crippen LogP contribution in [-0.2, 0) is 4.74 Å². The first-order chi connectivity index (χ1) is 9.20. The predicted molar refractivity (Wildman–Crippen MR) is 71.0 cm³/mol. The van der Waals surface area contributed by atoms with Crippen LogP contribution in [0.25, 0.3) is 0 Å². The first-order valence-electron chi connectivity index (χ1n) is 7.01. The summed E-state index contributed by atoms with van der Waals surface area (Å²) < 4.78 is 32.5. The van der Waals surface area contributed by atoms with E-state index < -0.39 is 11.6 Å². The van der Waals surface area contributed by atoms with Gasteiger partial charge in [0, 0.05) is 12.7 Å². The summed E-state index contributed by atoms with van der Waals surface area (Å²) in [4.78, 5) is 0. The molecular weight excluding hydrogens is 248 g/mol. The average molecular weight is 269 g/mol. The lowest BCUT2D eigenvalue weighted by Crippen LogP contribution is -2.36. The normalized spacial score (nSPS) is 21.3. The highest BCUT2D eigenvalue weighted by Gasteiger charge is 2.26. The summed E-state index contributed by atoms with van der Waals surface area (Å²) in [6, 6.07) is 3.57. The molecule has 2 atom stereocenters. The zero-order valence-electron chi connectivity index (χ0n) is 11.3. The van der Waals surface area contributed by atoms with Gasteiger partial charge in [0.25, 0.3) is 0 Å². The van der Waals surface area contributed by atoms with E-state index in [0.717, 1.165) is 44.9 Å². The number of ether oxygens (including phenoxy) is 1. The molecule has 19 heavy (non-hydrogen) atoms. The number of hydrogen-bond acceptors (Lipinski definition) is 2. The minimum absolute atomic E-state index is 0.00139. The molecule has 1 aromatic rings. The Morgan fingerprint density at radius 1 is 1.26 bits per heavy atom. The third-order valence-electron chi connectivity index (χ3n) is 3.44. The fourth-order valence-corrected chi connectivity index (χ4v) is 2.55. The molecule has 1 aliphatic rings. The Morgan fingerprint density at radius 2 is 2.00 bits per heavy atom. The Hall–Kier alpha value is -1.00. The van der Waals surface area contributed by atoms with Crippen molar-refractivity contribution in [2.24, 2.45) is 0 Å². The van der Waals surface area contributed by atoms with Crippen LogP contribution in [0, 0.1) is 11.6 Å². The second kappa shape index (κ2) is 6.96. The molecule has 0 spiro atoms. The first kappa shape index (κ1) is 14.4. The van der Waals surface area contributed by atoms with E-state index in [-0.39, 0.29) is 12.1 Å². The molecule has 0 aromatic heterocycles. The second-order valence-electron chi connectivity index (χ2n) is 5.04. The average Bonchev–Trinajstić information content (AvgIpc) is 2.39. The van der Waals surface area contributed by atoms with Gasteiger partial charge in [-0.2, -0.15) is 0 Å². The molecule has 1 saturated heterocycles. The highest BCUT2D eigenvalue weighted by Crippen LogP contribution is 2.27. The molecule has 0 saturated carbocycles. The molecule has 1 aromatic carbocycles. The van der Waals surface area contributed by atoms with Gasteiger partial charge in [-0.25, -0.2) is 8.78 Å². The van der Waals surface area contributed by atoms with Gasteiger partial charge in [0.1, 0.15) is 11.6 Å². The van der Waals surface area contributed by atoms with Crippen molar-refractivity contribution >= 4 is 0 Å². The fourth-order valence-electron chi connectivity index (χ4n) is 2.55. The van der Waals surface area contributed by atoms with Gasteiger partial charge in [0.05, 0.1) is 12.1 Å². The van der Waals surface area contributed by atoms with E-state index >= 15 is 0 Å². The van der Waals surface area contributed by atoms with Crippen LogP contribution < -0.4 is 5.32 Å². The molecule has 1 aliphatic heterocycles. The highest BCUT2D eigenvalue weighted by molar-refractivity contribution is 5.22. The molecule has 2 rings (SSSR count). The van der Waals surface area contributed by atoms with Gasteiger partial charge in [-0.15, -0.1) is 0 Å². The largest absolute Gasteiger partial charge is 0.376 e. The van der Waals surface area contributed by atoms with Crippen molar-refractivity contribution in [1.82, 2.24) is 5.32 Å². The maximum Gasteiger partial charge on any atom is 0.126 e. The van der Waals surface area contributed by atoms with E-state index in [9.17, 15) is 8.78 Å². The van der Waals surface area contributed by atoms with Crippen LogP contribution in [0.5, 0.6) is 0 Å². The van der Waals surface area contributed by atoms with E-state index in [1.807, 2.05) is 0 Å². The van der Waals surface area contributed by atoms with Gasteiger partial charge in [-0.3, -0.25) is 0 Å². The SMILES string of the molecule is CCCNC(c1cc(F)cc(F)c1)C1CCCCO1. The molecule has 0 aliphatic carbocycles. The maximum atomic E-state index is 13.4. The second-order valence-corrected chi connectivity index (χ2v) is 5.04. The molecule has 106 valence electrons. The molecule has 1 heterocycles. The topological polar surface area (TPSA) is 21.3 Å². The summed E-state index contributed by atoms with van der Waals surface area (Å²) in [5.74, 6) is -1.07. The molecule has 1 N–H and O–H groups in total. The van der Waals surface area contributed by atoms with E-state index in [4.69, 9.17) is 4.74 Å². The van der Waals surface area contributed by atoms with Gasteiger partial charge in [-0.1, -0.05) is 6.92 Å². The molecular formula is C15H21F2NO. The van der Waals surface area contributed by atoms with E-state index in [0.29, 0.717) is 5.56 Å². The standard InChI is InChI=1S/C15H21F2NO/c1-2-6-18-15(14-5-3-4-7-19-14)11-8-12(16)10-13(17)9-11/h8-10,14-15,18H,2-7H2,1H3. The minimum Gasteiger partial charge on any atom is -0.376 e. The van der Waals surface area contributed by atoms with E-state index in [1.54, 1.807) is 0 Å². The Morgan fingerprint density at radius 3 is 2.58 bits per heavy atom. The zero-order chi connectivity index (χ0) is 13.7. The first-order valence-corrected chi connectivity index (χ1v) is 7.01. The van der Waals surface area contributed by atoms with Crippen molar-refractivity contribution in [2.75, 3.05) is 13.2 Å². The summed E-state index contributed by atoms with van der Waals surface area (Å²) in [7, 11) is 0. The fraction of sp³-hybridized carbons (Fsp3) is 0.600. The van der Waals surface area contributed by atoms with Gasteiger partial charge in [0.2, 0.25) is 0 Å². The number of halogens is 2. The third kappa shape index (κ3) is 3.98. The van der Waals surface area contributed by atoms with Crippen molar-refractivity contribution < 1.29 is 13.5 Å². The van der Waals surface area contributed by atoms with E-state index in [2.05, 4.69) is 12.2 Å². The van der Waals surface area contributed by atoms with Crippen LogP contribution in [0.1, 0.15) is 44.2 Å². The van der Waals surface area contributed by atoms with Crippen LogP contribution in [0.2, 0.25) is 0 Å². The molecule has 2 unspecified atom stereocenters. The van der Waals surface area contributed by atoms with Gasteiger partial charge < -0.3 is 10.1 Å². The van der Waals surface area contributed by atoms with Crippen LogP contribution in [-0.4, -0.2) is 19.3 Å². The lowest BCUT2D eigenvalue weighted by molar-refractivity contribution is -0.00825. The summed E-state index contributed by atoms with van der Waals surface area (Å²) in [5, 5.41) is 3.35. The molecule has 0 radical (unpaired) electrons. The molecule has 0 amide bonds. The Balaban J connectivity index is 2.19. The Bertz CT molecular complexity index is 385. The lowest BCUT2D eigenvalue weighted by atomic mass is 9.95. The van der Waals surface area contributed by atoms with Crippen molar-refractivity contribution in [3.63, 3.8) is 0 Å². The molecule has 1 fully saturated rings. The monoisotopic (exact) mass is 269 g/mol. The summed E-state index contributed by atoms with van der Waals surface area (Å²) >= 11 is 0. The van der Waals surface area contributed by atoms with Crippen LogP contribution in [0.3, 0.4) is 0 Å². The molecule has 4 heteroatoms. The van der Waals surface area contributed by atoms with Gasteiger partial charge in [-0.05, 0) is 49.9 Å². The van der Waals surface area contributed by atoms with Gasteiger partial charge in [0.15, 0.2) is 0 Å². The van der Waals surface area contributed by atoms with Crippen molar-refractivity contribution in [2.45, 2.75) is 44.8 Å². The van der Waals surface area contributed by atoms with Crippen LogP contribution in [0.15, 0.2) is 18.2 Å². The Labute approximate surface area is 113 Å². The maximum absolute atomic E-state index is 13.4. The predicted octanol–water partition coefficient (Wildman–Crippen LogP) is 3.57. The van der Waals surface area contributed by atoms with Gasteiger partial charge >= 0.3 is 0 Å².